The summed E-state index contributed by atoms with van der Waals surface area (Å²) >= 11 is 3.46. The molecule has 7 nitrogen and oxygen atoms in total. The molecular formula is C34H32BrN5O2. The molecule has 0 radical (unpaired) electrons. The van der Waals surface area contributed by atoms with E-state index < -0.39 is 5.91 Å². The Morgan fingerprint density at radius 3 is 2.31 bits per heavy atom. The van der Waals surface area contributed by atoms with Gasteiger partial charge in [0.05, 0.1) is 17.5 Å². The zero-order valence-electron chi connectivity index (χ0n) is 23.5. The third kappa shape index (κ3) is 6.10. The Morgan fingerprint density at radius 2 is 1.62 bits per heavy atom. The van der Waals surface area contributed by atoms with E-state index in [9.17, 15) is 9.90 Å². The van der Waals surface area contributed by atoms with Gasteiger partial charge in [-0.2, -0.15) is 10.2 Å². The lowest BCUT2D eigenvalue weighted by molar-refractivity contribution is 0.0952. The molecule has 0 saturated heterocycles. The second-order valence-electron chi connectivity index (χ2n) is 10.3. The van der Waals surface area contributed by atoms with Crippen LogP contribution in [0.3, 0.4) is 0 Å². The highest BCUT2D eigenvalue weighted by Crippen LogP contribution is 2.41. The van der Waals surface area contributed by atoms with Gasteiger partial charge in [0.15, 0.2) is 5.75 Å². The van der Waals surface area contributed by atoms with Crippen molar-refractivity contribution in [2.24, 2.45) is 21.1 Å². The van der Waals surface area contributed by atoms with Crippen LogP contribution in [0.4, 0.5) is 11.4 Å². The van der Waals surface area contributed by atoms with Gasteiger partial charge in [-0.1, -0.05) is 90.8 Å². The van der Waals surface area contributed by atoms with Crippen molar-refractivity contribution >= 4 is 61.0 Å². The Hall–Kier alpha value is -4.40. The number of nitrogens with one attached hydrogen (secondary N) is 1. The lowest BCUT2D eigenvalue weighted by Gasteiger charge is -2.28. The number of nitrogens with zero attached hydrogens (tertiary/aromatic N) is 3. The number of amides is 1. The molecule has 0 heterocycles. The van der Waals surface area contributed by atoms with Gasteiger partial charge >= 0.3 is 0 Å². The van der Waals surface area contributed by atoms with Gasteiger partial charge < -0.3 is 10.8 Å². The van der Waals surface area contributed by atoms with Gasteiger partial charge in [0.2, 0.25) is 0 Å². The van der Waals surface area contributed by atoms with E-state index in [1.807, 2.05) is 84.9 Å². The monoisotopic (exact) mass is 621 g/mol. The van der Waals surface area contributed by atoms with E-state index in [4.69, 9.17) is 5.73 Å². The Labute approximate surface area is 253 Å². The number of nitrogens with two attached hydrogens (primary N) is 1. The maximum atomic E-state index is 13.2. The normalized spacial score (nSPS) is 13.2. The minimum Gasteiger partial charge on any atom is -0.505 e. The van der Waals surface area contributed by atoms with Crippen LogP contribution in [0.15, 0.2) is 111 Å². The smallest absolute Gasteiger partial charge is 0.275 e. The minimum absolute atomic E-state index is 0.0433. The Bertz CT molecular complexity index is 1820. The number of phenols is 1. The molecule has 0 saturated carbocycles. The van der Waals surface area contributed by atoms with Crippen molar-refractivity contribution in [1.82, 2.24) is 5.43 Å². The highest BCUT2D eigenvalue weighted by Gasteiger charge is 2.24. The molecule has 5 rings (SSSR count). The molecule has 42 heavy (non-hydrogen) atoms. The summed E-state index contributed by atoms with van der Waals surface area (Å²) in [7, 11) is 0. The van der Waals surface area contributed by atoms with Gasteiger partial charge in [-0.3, -0.25) is 4.79 Å². The number of azo groups is 1. The average molecular weight is 623 g/mol. The van der Waals surface area contributed by atoms with Crippen LogP contribution in [-0.4, -0.2) is 17.2 Å². The van der Waals surface area contributed by atoms with Crippen molar-refractivity contribution in [2.45, 2.75) is 38.6 Å². The van der Waals surface area contributed by atoms with Gasteiger partial charge in [-0.05, 0) is 71.0 Å². The zero-order valence-corrected chi connectivity index (χ0v) is 25.1. The summed E-state index contributed by atoms with van der Waals surface area (Å²) < 4.78 is 0.844. The van der Waals surface area contributed by atoms with Crippen LogP contribution >= 0.6 is 15.9 Å². The Balaban J connectivity index is 1.53. The summed E-state index contributed by atoms with van der Waals surface area (Å²) in [6.45, 7) is 4.22. The van der Waals surface area contributed by atoms with Crippen molar-refractivity contribution < 1.29 is 9.90 Å². The topological polar surface area (TPSA) is 112 Å². The number of halogens is 1. The molecule has 5 aromatic carbocycles. The van der Waals surface area contributed by atoms with E-state index in [0.29, 0.717) is 11.1 Å². The molecule has 0 aliphatic heterocycles. The summed E-state index contributed by atoms with van der Waals surface area (Å²) in [6, 6.07) is 28.7. The first-order valence-corrected chi connectivity index (χ1v) is 14.7. The second-order valence-corrected chi connectivity index (χ2v) is 11.1. The molecule has 0 aliphatic rings. The lowest BCUT2D eigenvalue weighted by atomic mass is 9.84. The fraction of sp³-hybridized carbons (Fsp3) is 0.176. The summed E-state index contributed by atoms with van der Waals surface area (Å²) in [5, 5.41) is 27.7. The maximum Gasteiger partial charge on any atom is 0.275 e. The van der Waals surface area contributed by atoms with Gasteiger partial charge in [0, 0.05) is 21.0 Å². The summed E-state index contributed by atoms with van der Waals surface area (Å²) in [4.78, 5) is 13.2. The first-order chi connectivity index (χ1) is 20.3. The van der Waals surface area contributed by atoms with E-state index in [2.05, 4.69) is 50.5 Å². The van der Waals surface area contributed by atoms with Gasteiger partial charge in [0.25, 0.3) is 5.91 Å². The molecule has 1 unspecified atom stereocenters. The van der Waals surface area contributed by atoms with Gasteiger partial charge in [-0.15, -0.1) is 5.11 Å². The van der Waals surface area contributed by atoms with Crippen LogP contribution in [0.5, 0.6) is 5.75 Å². The molecule has 0 bridgehead atoms. The van der Waals surface area contributed by atoms with Crippen LogP contribution in [0.1, 0.15) is 54.6 Å². The number of phenolic OH excluding ortho intramolecular Hbond substituents is 1. The molecule has 0 aromatic heterocycles. The number of hydrogen-bond donors (Lipinski definition) is 3. The maximum absolute atomic E-state index is 13.2. The quantitative estimate of drug-likeness (QED) is 0.0660. The minimum atomic E-state index is -0.568. The van der Waals surface area contributed by atoms with E-state index in [1.54, 1.807) is 6.07 Å². The molecule has 1 amide bonds. The van der Waals surface area contributed by atoms with Crippen molar-refractivity contribution in [3.8, 4) is 5.75 Å². The van der Waals surface area contributed by atoms with Gasteiger partial charge in [0.1, 0.15) is 5.69 Å². The number of rotatable bonds is 9. The van der Waals surface area contributed by atoms with E-state index >= 15 is 0 Å². The third-order valence-electron chi connectivity index (χ3n) is 7.51. The molecular weight excluding hydrogens is 590 g/mol. The van der Waals surface area contributed by atoms with Crippen LogP contribution in [-0.2, 0) is 5.54 Å². The van der Waals surface area contributed by atoms with Crippen LogP contribution < -0.4 is 11.2 Å². The van der Waals surface area contributed by atoms with E-state index in [1.165, 1.54) is 6.21 Å². The molecule has 5 aromatic rings. The fourth-order valence-corrected chi connectivity index (χ4v) is 5.46. The van der Waals surface area contributed by atoms with Gasteiger partial charge in [-0.25, -0.2) is 5.43 Å². The number of carbonyl (C=O) groups excluding carboxylic acids is 1. The van der Waals surface area contributed by atoms with Crippen molar-refractivity contribution in [3.05, 3.63) is 112 Å². The molecule has 0 spiro atoms. The summed E-state index contributed by atoms with van der Waals surface area (Å²) in [5.74, 6) is -0.844. The number of carbonyl (C=O) groups is 1. The van der Waals surface area contributed by atoms with E-state index in [0.717, 1.165) is 51.0 Å². The molecule has 8 heteroatoms. The van der Waals surface area contributed by atoms with Crippen LogP contribution in [0.2, 0.25) is 0 Å². The third-order valence-corrected chi connectivity index (χ3v) is 8.23. The molecule has 212 valence electrons. The summed E-state index contributed by atoms with van der Waals surface area (Å²) in [5.41, 5.74) is 11.5. The SMILES string of the molecule is CCCC(N)(CC)c1ccc(/N=N\c2c(O)c(C(=O)NN=Cc3ccccc3Br)cc3cc4ccccc4cc23)cc1. The Kier molecular flexibility index (Phi) is 8.75. The molecule has 4 N–H and O–H groups in total. The number of fused-ring (bicyclic) bond motifs is 2. The highest BCUT2D eigenvalue weighted by atomic mass is 79.9. The van der Waals surface area contributed by atoms with E-state index in [-0.39, 0.29) is 22.5 Å². The van der Waals surface area contributed by atoms with Crippen LogP contribution in [0.25, 0.3) is 21.5 Å². The standard InChI is InChI=1S/C34H32BrN5O2/c1-3-17-34(36,4-2)26-13-15-27(16-14-26)38-39-31-28-19-23-10-6-5-9-22(23)18-25(28)20-29(32(31)41)33(42)40-37-21-24-11-7-8-12-30(24)35/h5-16,18-21,41H,3-4,17,36H2,1-2H3,(H,40,42)/b37-21?,39-38-. The predicted molar refractivity (Wildman–Crippen MR) is 174 cm³/mol. The Morgan fingerprint density at radius 1 is 0.929 bits per heavy atom. The number of benzene rings is 5. The van der Waals surface area contributed by atoms with Crippen LogP contribution in [0, 0.1) is 0 Å². The predicted octanol–water partition coefficient (Wildman–Crippen LogP) is 9.00. The fourth-order valence-electron chi connectivity index (χ4n) is 5.08. The van der Waals surface area contributed by atoms with Crippen molar-refractivity contribution in [3.63, 3.8) is 0 Å². The molecule has 1 atom stereocenters. The molecule has 0 fully saturated rings. The van der Waals surface area contributed by atoms with Crippen molar-refractivity contribution in [2.75, 3.05) is 0 Å². The number of aromatic hydroxyl groups is 1. The first-order valence-electron chi connectivity index (χ1n) is 13.9. The number of hydrogen-bond acceptors (Lipinski definition) is 6. The second kappa shape index (κ2) is 12.6. The highest BCUT2D eigenvalue weighted by molar-refractivity contribution is 9.10. The zero-order chi connectivity index (χ0) is 29.7. The molecule has 0 aliphatic carbocycles. The van der Waals surface area contributed by atoms with Crippen molar-refractivity contribution in [1.29, 1.82) is 0 Å². The summed E-state index contributed by atoms with van der Waals surface area (Å²) in [6.07, 6.45) is 4.25. The average Bonchev–Trinajstić information content (AvgIpc) is 3.00. The number of hydrazone groups is 1. The largest absolute Gasteiger partial charge is 0.505 e. The first kappa shape index (κ1) is 29.1. The lowest BCUT2D eigenvalue weighted by Crippen LogP contribution is -2.35.